The summed E-state index contributed by atoms with van der Waals surface area (Å²) in [4.78, 5) is 30.1. The molecule has 1 aromatic heterocycles. The van der Waals surface area contributed by atoms with Crippen LogP contribution in [0, 0.1) is 0 Å². The molecule has 1 saturated carbocycles. The summed E-state index contributed by atoms with van der Waals surface area (Å²) in [7, 11) is 2.00. The Hall–Kier alpha value is -2.56. The highest BCUT2D eigenvalue weighted by Crippen LogP contribution is 2.28. The Morgan fingerprint density at radius 1 is 0.906 bits per heavy atom. The second-order valence-electron chi connectivity index (χ2n) is 9.12. The van der Waals surface area contributed by atoms with Crippen molar-refractivity contribution in [3.05, 3.63) is 59.9 Å². The molecule has 0 spiro atoms. The van der Waals surface area contributed by atoms with Crippen molar-refractivity contribution in [2.24, 2.45) is 7.05 Å². The van der Waals surface area contributed by atoms with Crippen LogP contribution in [0.15, 0.2) is 48.7 Å². The molecule has 1 aliphatic carbocycles. The molecule has 3 rings (SSSR count). The largest absolute Gasteiger partial charge is 0.353 e. The minimum atomic E-state index is 0.0262. The lowest BCUT2D eigenvalue weighted by atomic mass is 10.1. The molecule has 1 aromatic carbocycles. The van der Waals surface area contributed by atoms with Crippen LogP contribution in [0.1, 0.15) is 76.0 Å². The number of carbonyl (C=O) groups is 2. The molecule has 174 valence electrons. The van der Waals surface area contributed by atoms with E-state index in [1.165, 1.54) is 25.7 Å². The Kier molecular flexibility index (Phi) is 9.39. The van der Waals surface area contributed by atoms with Crippen LogP contribution in [0.25, 0.3) is 0 Å². The molecular formula is C27H39N3O2. The Morgan fingerprint density at radius 2 is 1.62 bits per heavy atom. The lowest BCUT2D eigenvalue weighted by molar-refractivity contribution is -0.141. The monoisotopic (exact) mass is 437 g/mol. The van der Waals surface area contributed by atoms with Crippen LogP contribution in [0.4, 0.5) is 0 Å². The van der Waals surface area contributed by atoms with E-state index in [1.807, 2.05) is 70.1 Å². The summed E-state index contributed by atoms with van der Waals surface area (Å²) < 4.78 is 2.05. The summed E-state index contributed by atoms with van der Waals surface area (Å²) in [5.74, 6) is 0.174. The minimum absolute atomic E-state index is 0.0262. The molecule has 2 amide bonds. The summed E-state index contributed by atoms with van der Waals surface area (Å²) in [6.07, 6.45) is 11.6. The van der Waals surface area contributed by atoms with Crippen LogP contribution in [0.5, 0.6) is 0 Å². The number of rotatable bonds is 14. The number of amides is 2. The summed E-state index contributed by atoms with van der Waals surface area (Å²) in [5, 5.41) is 0. The Balaban J connectivity index is 1.60. The van der Waals surface area contributed by atoms with Gasteiger partial charge < -0.3 is 14.4 Å². The van der Waals surface area contributed by atoms with Crippen LogP contribution >= 0.6 is 0 Å². The maximum Gasteiger partial charge on any atom is 0.242 e. The average molecular weight is 438 g/mol. The standard InChI is InChI=1S/C27H39N3O2/c1-3-4-5-6-7-11-16-26(31)30(24-17-18-24)22-27(32)29(20-23-13-9-8-10-14-23)21-25-15-12-19-28(25)2/h8-10,12-15,19,24H,3-7,11,16-18,20-22H2,1-2H3. The van der Waals surface area contributed by atoms with Crippen LogP contribution in [0.2, 0.25) is 0 Å². The van der Waals surface area contributed by atoms with Gasteiger partial charge in [0.25, 0.3) is 0 Å². The second-order valence-corrected chi connectivity index (χ2v) is 9.12. The SMILES string of the molecule is CCCCCCCCC(=O)N(CC(=O)N(Cc1ccccc1)Cc1cccn1C)C1CC1. The lowest BCUT2D eigenvalue weighted by Gasteiger charge is -2.28. The molecule has 0 unspecified atom stereocenters. The van der Waals surface area contributed by atoms with Crippen LogP contribution in [0.3, 0.4) is 0 Å². The van der Waals surface area contributed by atoms with Crippen molar-refractivity contribution < 1.29 is 9.59 Å². The molecule has 0 radical (unpaired) electrons. The topological polar surface area (TPSA) is 45.6 Å². The number of hydrogen-bond donors (Lipinski definition) is 0. The van der Waals surface area contributed by atoms with Gasteiger partial charge in [0.15, 0.2) is 0 Å². The van der Waals surface area contributed by atoms with E-state index < -0.39 is 0 Å². The van der Waals surface area contributed by atoms with Crippen molar-refractivity contribution in [1.82, 2.24) is 14.4 Å². The van der Waals surface area contributed by atoms with Gasteiger partial charge in [-0.3, -0.25) is 9.59 Å². The third-order valence-electron chi connectivity index (χ3n) is 6.33. The molecule has 5 heteroatoms. The Morgan fingerprint density at radius 3 is 2.28 bits per heavy atom. The zero-order chi connectivity index (χ0) is 22.8. The van der Waals surface area contributed by atoms with Gasteiger partial charge in [-0.05, 0) is 37.0 Å². The van der Waals surface area contributed by atoms with E-state index in [4.69, 9.17) is 0 Å². The molecule has 0 N–H and O–H groups in total. The summed E-state index contributed by atoms with van der Waals surface area (Å²) >= 11 is 0. The van der Waals surface area contributed by atoms with E-state index in [1.54, 1.807) is 0 Å². The predicted octanol–water partition coefficient (Wildman–Crippen LogP) is 5.30. The van der Waals surface area contributed by atoms with Crippen LogP contribution in [-0.4, -0.2) is 38.8 Å². The molecular weight excluding hydrogens is 398 g/mol. The Bertz CT molecular complexity index is 842. The maximum atomic E-state index is 13.4. The molecule has 1 fully saturated rings. The van der Waals surface area contributed by atoms with Crippen molar-refractivity contribution in [2.45, 2.75) is 83.8 Å². The molecule has 1 aliphatic rings. The first-order valence-corrected chi connectivity index (χ1v) is 12.3. The average Bonchev–Trinajstić information content (AvgIpc) is 3.56. The van der Waals surface area contributed by atoms with E-state index in [-0.39, 0.29) is 24.4 Å². The van der Waals surface area contributed by atoms with Gasteiger partial charge in [0.2, 0.25) is 11.8 Å². The highest BCUT2D eigenvalue weighted by atomic mass is 16.2. The van der Waals surface area contributed by atoms with Gasteiger partial charge in [-0.25, -0.2) is 0 Å². The fourth-order valence-corrected chi connectivity index (χ4v) is 4.15. The molecule has 0 atom stereocenters. The molecule has 5 nitrogen and oxygen atoms in total. The lowest BCUT2D eigenvalue weighted by Crippen LogP contribution is -2.43. The van der Waals surface area contributed by atoms with E-state index in [0.29, 0.717) is 19.5 Å². The fourth-order valence-electron chi connectivity index (χ4n) is 4.15. The second kappa shape index (κ2) is 12.5. The molecule has 0 aliphatic heterocycles. The normalized spacial score (nSPS) is 13.2. The number of nitrogens with zero attached hydrogens (tertiary/aromatic N) is 3. The quantitative estimate of drug-likeness (QED) is 0.377. The molecule has 1 heterocycles. The first-order chi connectivity index (χ1) is 15.6. The zero-order valence-corrected chi connectivity index (χ0v) is 19.8. The first kappa shape index (κ1) is 24.1. The van der Waals surface area contributed by atoms with Gasteiger partial charge in [0.05, 0.1) is 6.54 Å². The van der Waals surface area contributed by atoms with Gasteiger partial charge in [-0.1, -0.05) is 69.4 Å². The van der Waals surface area contributed by atoms with Crippen molar-refractivity contribution >= 4 is 11.8 Å². The smallest absolute Gasteiger partial charge is 0.242 e. The predicted molar refractivity (Wildman–Crippen MR) is 129 cm³/mol. The third kappa shape index (κ3) is 7.54. The fraction of sp³-hybridized carbons (Fsp3) is 0.556. The van der Waals surface area contributed by atoms with Gasteiger partial charge in [-0.15, -0.1) is 0 Å². The van der Waals surface area contributed by atoms with E-state index in [2.05, 4.69) is 6.92 Å². The molecule has 2 aromatic rings. The number of aryl methyl sites for hydroxylation is 1. The molecule has 32 heavy (non-hydrogen) atoms. The number of unbranched alkanes of at least 4 members (excludes halogenated alkanes) is 5. The van der Waals surface area contributed by atoms with Crippen LogP contribution < -0.4 is 0 Å². The number of carbonyl (C=O) groups excluding carboxylic acids is 2. The summed E-state index contributed by atoms with van der Waals surface area (Å²) in [6.45, 7) is 3.50. The van der Waals surface area contributed by atoms with Gasteiger partial charge >= 0.3 is 0 Å². The van der Waals surface area contributed by atoms with Gasteiger partial charge in [-0.2, -0.15) is 0 Å². The molecule has 0 saturated heterocycles. The minimum Gasteiger partial charge on any atom is -0.353 e. The maximum absolute atomic E-state index is 13.4. The summed E-state index contributed by atoms with van der Waals surface area (Å²) in [6, 6.07) is 14.4. The highest BCUT2D eigenvalue weighted by Gasteiger charge is 2.34. The van der Waals surface area contributed by atoms with E-state index in [0.717, 1.165) is 36.9 Å². The van der Waals surface area contributed by atoms with Crippen molar-refractivity contribution in [2.75, 3.05) is 6.54 Å². The first-order valence-electron chi connectivity index (χ1n) is 12.3. The Labute approximate surface area is 193 Å². The zero-order valence-electron chi connectivity index (χ0n) is 19.8. The van der Waals surface area contributed by atoms with Crippen molar-refractivity contribution in [3.63, 3.8) is 0 Å². The van der Waals surface area contributed by atoms with Gasteiger partial charge in [0.1, 0.15) is 6.54 Å². The third-order valence-corrected chi connectivity index (χ3v) is 6.33. The van der Waals surface area contributed by atoms with Crippen LogP contribution in [-0.2, 0) is 29.7 Å². The van der Waals surface area contributed by atoms with Crippen molar-refractivity contribution in [1.29, 1.82) is 0 Å². The van der Waals surface area contributed by atoms with E-state index in [9.17, 15) is 9.59 Å². The van der Waals surface area contributed by atoms with Gasteiger partial charge in [0, 0.05) is 37.9 Å². The molecule has 0 bridgehead atoms. The van der Waals surface area contributed by atoms with Crippen molar-refractivity contribution in [3.8, 4) is 0 Å². The highest BCUT2D eigenvalue weighted by molar-refractivity contribution is 5.85. The summed E-state index contributed by atoms with van der Waals surface area (Å²) in [5.41, 5.74) is 2.19. The number of hydrogen-bond acceptors (Lipinski definition) is 2. The van der Waals surface area contributed by atoms with E-state index >= 15 is 0 Å². The number of aromatic nitrogens is 1. The number of benzene rings is 1.